The van der Waals surface area contributed by atoms with Gasteiger partial charge in [0.15, 0.2) is 0 Å². The molecule has 0 N–H and O–H groups in total. The van der Waals surface area contributed by atoms with Gasteiger partial charge < -0.3 is 0 Å². The zero-order chi connectivity index (χ0) is 13.3. The Bertz CT molecular complexity index is 573. The van der Waals surface area contributed by atoms with Gasteiger partial charge in [-0.05, 0) is 12.1 Å². The van der Waals surface area contributed by atoms with Crippen molar-refractivity contribution in [3.05, 3.63) is 56.8 Å². The molecule has 0 saturated heterocycles. The van der Waals surface area contributed by atoms with Crippen molar-refractivity contribution in [1.82, 2.24) is 0 Å². The van der Waals surface area contributed by atoms with Gasteiger partial charge in [-0.15, -0.1) is 11.6 Å². The highest BCUT2D eigenvalue weighted by Gasteiger charge is 2.15. The molecule has 94 valence electrons. The second-order valence-electron chi connectivity index (χ2n) is 3.66. The van der Waals surface area contributed by atoms with Crippen LogP contribution >= 0.6 is 46.4 Å². The van der Waals surface area contributed by atoms with Gasteiger partial charge in [-0.2, -0.15) is 0 Å². The van der Waals surface area contributed by atoms with Crippen LogP contribution in [0.5, 0.6) is 0 Å². The Kier molecular flexibility index (Phi) is 4.39. The molecule has 5 heteroatoms. The van der Waals surface area contributed by atoms with Crippen molar-refractivity contribution in [2.24, 2.45) is 0 Å². The van der Waals surface area contributed by atoms with Crippen molar-refractivity contribution in [3.63, 3.8) is 0 Å². The zero-order valence-electron chi connectivity index (χ0n) is 8.98. The van der Waals surface area contributed by atoms with Gasteiger partial charge in [0.05, 0.1) is 15.9 Å². The molecule has 0 amide bonds. The molecule has 0 spiro atoms. The second kappa shape index (κ2) is 5.66. The Balaban J connectivity index is 2.70. The van der Waals surface area contributed by atoms with Crippen LogP contribution in [0.2, 0.25) is 15.1 Å². The van der Waals surface area contributed by atoms with Crippen molar-refractivity contribution in [2.75, 3.05) is 0 Å². The van der Waals surface area contributed by atoms with Gasteiger partial charge in [-0.3, -0.25) is 0 Å². The average Bonchev–Trinajstić information content (AvgIpc) is 2.30. The van der Waals surface area contributed by atoms with Crippen molar-refractivity contribution < 1.29 is 4.39 Å². The minimum Gasteiger partial charge on any atom is -0.206 e. The first kappa shape index (κ1) is 14.0. The first-order valence-electron chi connectivity index (χ1n) is 5.03. The largest absolute Gasteiger partial charge is 0.206 e. The lowest BCUT2D eigenvalue weighted by Gasteiger charge is -2.11. The first-order chi connectivity index (χ1) is 8.54. The summed E-state index contributed by atoms with van der Waals surface area (Å²) < 4.78 is 14.2. The van der Waals surface area contributed by atoms with E-state index in [0.29, 0.717) is 31.8 Å². The Hall–Kier alpha value is -0.470. The number of benzene rings is 2. The molecular weight excluding hydrogens is 317 g/mol. The molecule has 0 nitrogen and oxygen atoms in total. The van der Waals surface area contributed by atoms with Gasteiger partial charge in [-0.25, -0.2) is 4.39 Å². The molecule has 0 aliphatic rings. The van der Waals surface area contributed by atoms with E-state index in [1.165, 1.54) is 12.1 Å². The third-order valence-corrected chi connectivity index (χ3v) is 3.60. The summed E-state index contributed by atoms with van der Waals surface area (Å²) in [5, 5.41) is 1.01. The summed E-state index contributed by atoms with van der Waals surface area (Å²) in [4.78, 5) is 0. The SMILES string of the molecule is Fc1c(CCl)cccc1-c1c(Cl)cc(Cl)cc1Cl. The fourth-order valence-corrected chi connectivity index (χ4v) is 2.90. The molecule has 18 heavy (non-hydrogen) atoms. The van der Waals surface area contributed by atoms with Crippen LogP contribution in [0.1, 0.15) is 5.56 Å². The second-order valence-corrected chi connectivity index (χ2v) is 5.17. The third kappa shape index (κ3) is 2.60. The standard InChI is InChI=1S/C13H7Cl4F/c14-6-7-2-1-3-9(13(7)18)12-10(16)4-8(15)5-11(12)17/h1-5H,6H2. The number of rotatable bonds is 2. The molecule has 0 heterocycles. The van der Waals surface area contributed by atoms with E-state index in [1.807, 2.05) is 0 Å². The molecular formula is C13H7Cl4F. The summed E-state index contributed by atoms with van der Waals surface area (Å²) >= 11 is 23.6. The van der Waals surface area contributed by atoms with E-state index in [-0.39, 0.29) is 5.88 Å². The van der Waals surface area contributed by atoms with Crippen LogP contribution in [0.3, 0.4) is 0 Å². The maximum Gasteiger partial charge on any atom is 0.135 e. The van der Waals surface area contributed by atoms with Gasteiger partial charge in [0.1, 0.15) is 5.82 Å². The van der Waals surface area contributed by atoms with Crippen molar-refractivity contribution in [1.29, 1.82) is 0 Å². The highest BCUT2D eigenvalue weighted by molar-refractivity contribution is 6.41. The predicted octanol–water partition coefficient (Wildman–Crippen LogP) is 6.19. The van der Waals surface area contributed by atoms with Gasteiger partial charge in [0.25, 0.3) is 0 Å². The van der Waals surface area contributed by atoms with E-state index in [9.17, 15) is 4.39 Å². The maximum absolute atomic E-state index is 14.2. The molecule has 0 bridgehead atoms. The van der Waals surface area contributed by atoms with Crippen LogP contribution in [-0.2, 0) is 5.88 Å². The normalized spacial score (nSPS) is 10.7. The number of hydrogen-bond donors (Lipinski definition) is 0. The lowest BCUT2D eigenvalue weighted by Crippen LogP contribution is -1.92. The Morgan fingerprint density at radius 1 is 1.00 bits per heavy atom. The topological polar surface area (TPSA) is 0 Å². The molecule has 0 fully saturated rings. The quantitative estimate of drug-likeness (QED) is 0.578. The van der Waals surface area contributed by atoms with Gasteiger partial charge >= 0.3 is 0 Å². The van der Waals surface area contributed by atoms with Crippen LogP contribution in [0, 0.1) is 5.82 Å². The molecule has 0 aromatic heterocycles. The van der Waals surface area contributed by atoms with E-state index >= 15 is 0 Å². The Labute approximate surface area is 124 Å². The molecule has 0 aliphatic heterocycles. The van der Waals surface area contributed by atoms with Crippen molar-refractivity contribution in [3.8, 4) is 11.1 Å². The minimum absolute atomic E-state index is 0.0858. The summed E-state index contributed by atoms with van der Waals surface area (Å²) in [6, 6.07) is 7.97. The predicted molar refractivity (Wildman–Crippen MR) is 76.4 cm³/mol. The van der Waals surface area contributed by atoms with Crippen LogP contribution in [-0.4, -0.2) is 0 Å². The van der Waals surface area contributed by atoms with E-state index in [1.54, 1.807) is 18.2 Å². The highest BCUT2D eigenvalue weighted by Crippen LogP contribution is 2.39. The lowest BCUT2D eigenvalue weighted by molar-refractivity contribution is 0.620. The van der Waals surface area contributed by atoms with Crippen LogP contribution in [0.4, 0.5) is 4.39 Å². The van der Waals surface area contributed by atoms with Gasteiger partial charge in [-0.1, -0.05) is 53.0 Å². The summed E-state index contributed by atoms with van der Waals surface area (Å²) in [5.74, 6) is -0.332. The van der Waals surface area contributed by atoms with Gasteiger partial charge in [0, 0.05) is 21.7 Å². The number of halogens is 5. The van der Waals surface area contributed by atoms with E-state index in [2.05, 4.69) is 0 Å². The van der Waals surface area contributed by atoms with E-state index < -0.39 is 5.82 Å². The molecule has 2 aromatic rings. The number of alkyl halides is 1. The third-order valence-electron chi connectivity index (χ3n) is 2.50. The summed E-state index contributed by atoms with van der Waals surface area (Å²) in [7, 11) is 0. The summed E-state index contributed by atoms with van der Waals surface area (Å²) in [6.07, 6.45) is 0. The fraction of sp³-hybridized carbons (Fsp3) is 0.0769. The van der Waals surface area contributed by atoms with Gasteiger partial charge in [0.2, 0.25) is 0 Å². The maximum atomic E-state index is 14.2. The first-order valence-corrected chi connectivity index (χ1v) is 6.69. The molecule has 2 aromatic carbocycles. The average molecular weight is 324 g/mol. The molecule has 0 saturated carbocycles. The van der Waals surface area contributed by atoms with Crippen molar-refractivity contribution >= 4 is 46.4 Å². The molecule has 0 atom stereocenters. The Morgan fingerprint density at radius 3 is 2.17 bits per heavy atom. The van der Waals surface area contributed by atoms with E-state index in [0.717, 1.165) is 0 Å². The van der Waals surface area contributed by atoms with E-state index in [4.69, 9.17) is 46.4 Å². The van der Waals surface area contributed by atoms with Crippen LogP contribution in [0.15, 0.2) is 30.3 Å². The van der Waals surface area contributed by atoms with Crippen LogP contribution < -0.4 is 0 Å². The molecule has 0 radical (unpaired) electrons. The monoisotopic (exact) mass is 322 g/mol. The molecule has 2 rings (SSSR count). The molecule has 0 aliphatic carbocycles. The highest BCUT2D eigenvalue weighted by atomic mass is 35.5. The Morgan fingerprint density at radius 2 is 1.61 bits per heavy atom. The summed E-state index contributed by atoms with van der Waals surface area (Å²) in [5.41, 5.74) is 1.14. The lowest BCUT2D eigenvalue weighted by atomic mass is 10.0. The smallest absolute Gasteiger partial charge is 0.135 e. The summed E-state index contributed by atoms with van der Waals surface area (Å²) in [6.45, 7) is 0. The minimum atomic E-state index is -0.418. The van der Waals surface area contributed by atoms with Crippen LogP contribution in [0.25, 0.3) is 11.1 Å². The molecule has 0 unspecified atom stereocenters. The number of hydrogen-bond acceptors (Lipinski definition) is 0. The zero-order valence-corrected chi connectivity index (χ0v) is 12.0. The fourth-order valence-electron chi connectivity index (χ4n) is 1.68. The van der Waals surface area contributed by atoms with Crippen molar-refractivity contribution in [2.45, 2.75) is 5.88 Å².